The fourth-order valence-corrected chi connectivity index (χ4v) is 1.59. The second-order valence-corrected chi connectivity index (χ2v) is 3.07. The Morgan fingerprint density at radius 2 is 2.25 bits per heavy atom. The normalized spacial score (nSPS) is 38.2. The third kappa shape index (κ3) is 1.22. The Morgan fingerprint density at radius 1 is 1.50 bits per heavy atom. The molecule has 0 spiro atoms. The summed E-state index contributed by atoms with van der Waals surface area (Å²) in [5.74, 6) is 1.95. The van der Waals surface area contributed by atoms with Crippen LogP contribution in [0.5, 0.6) is 0 Å². The van der Waals surface area contributed by atoms with Gasteiger partial charge in [0.05, 0.1) is 6.54 Å². The van der Waals surface area contributed by atoms with Gasteiger partial charge in [-0.05, 0) is 18.8 Å². The molecule has 2 unspecified atom stereocenters. The van der Waals surface area contributed by atoms with Gasteiger partial charge in [0.2, 0.25) is 0 Å². The average molecular weight is 114 g/mol. The molecule has 0 saturated heterocycles. The van der Waals surface area contributed by atoms with Gasteiger partial charge in [0.1, 0.15) is 0 Å². The van der Waals surface area contributed by atoms with E-state index in [-0.39, 0.29) is 0 Å². The van der Waals surface area contributed by atoms with E-state index < -0.39 is 0 Å². The van der Waals surface area contributed by atoms with Gasteiger partial charge in [-0.3, -0.25) is 0 Å². The van der Waals surface area contributed by atoms with E-state index in [0.29, 0.717) is 0 Å². The molecule has 0 amide bonds. The van der Waals surface area contributed by atoms with Crippen molar-refractivity contribution in [2.24, 2.45) is 11.8 Å². The molecule has 0 aromatic heterocycles. The first-order valence-electron chi connectivity index (χ1n) is 3.62. The Morgan fingerprint density at radius 3 is 2.50 bits per heavy atom. The van der Waals surface area contributed by atoms with Crippen molar-refractivity contribution in [1.29, 1.82) is 0 Å². The molecule has 1 rings (SSSR count). The molecule has 0 heterocycles. The molecule has 8 heavy (non-hydrogen) atoms. The minimum atomic E-state index is 0.963. The van der Waals surface area contributed by atoms with Crippen LogP contribution in [0, 0.1) is 11.8 Å². The first kappa shape index (κ1) is 6.09. The molecule has 1 aliphatic rings. The molecule has 0 aliphatic heterocycles. The summed E-state index contributed by atoms with van der Waals surface area (Å²) in [6.45, 7) is 3.50. The quantitative estimate of drug-likeness (QED) is 0.519. The average Bonchev–Trinajstić information content (AvgIpc) is 2.14. The van der Waals surface area contributed by atoms with Crippen LogP contribution >= 0.6 is 0 Å². The molecule has 48 valence electrons. The van der Waals surface area contributed by atoms with Crippen molar-refractivity contribution in [3.63, 3.8) is 0 Å². The Labute approximate surface area is 51.3 Å². The minimum absolute atomic E-state index is 0.963. The maximum atomic E-state index is 3.90. The zero-order valence-electron chi connectivity index (χ0n) is 5.69. The Bertz CT molecular complexity index is 70.8. The fraction of sp³-hybridized carbons (Fsp3) is 1.00. The van der Waals surface area contributed by atoms with Crippen LogP contribution in [-0.4, -0.2) is 6.54 Å². The zero-order chi connectivity index (χ0) is 5.98. The Hall–Kier alpha value is -0.0400. The first-order chi connectivity index (χ1) is 3.83. The van der Waals surface area contributed by atoms with Crippen LogP contribution in [0.1, 0.15) is 26.2 Å². The van der Waals surface area contributed by atoms with E-state index in [9.17, 15) is 0 Å². The van der Waals surface area contributed by atoms with Gasteiger partial charge in [-0.15, -0.1) is 0 Å². The van der Waals surface area contributed by atoms with E-state index in [1.54, 1.807) is 0 Å². The molecule has 0 aromatic rings. The Kier molecular flexibility index (Phi) is 1.90. The lowest BCUT2D eigenvalue weighted by molar-refractivity contribution is -0.378. The van der Waals surface area contributed by atoms with E-state index in [4.69, 9.17) is 0 Å². The van der Waals surface area contributed by atoms with Crippen LogP contribution in [0.4, 0.5) is 0 Å². The molecular formula is C7H16N+. The van der Waals surface area contributed by atoms with Gasteiger partial charge in [-0.25, -0.2) is 0 Å². The van der Waals surface area contributed by atoms with Gasteiger partial charge in [-0.2, -0.15) is 0 Å². The minimum Gasteiger partial charge on any atom is -0.357 e. The van der Waals surface area contributed by atoms with Gasteiger partial charge in [0.25, 0.3) is 0 Å². The second-order valence-electron chi connectivity index (χ2n) is 3.07. The number of quaternary nitrogens is 1. The van der Waals surface area contributed by atoms with Crippen LogP contribution < -0.4 is 5.73 Å². The summed E-state index contributed by atoms with van der Waals surface area (Å²) in [7, 11) is 0. The van der Waals surface area contributed by atoms with Gasteiger partial charge in [-0.1, -0.05) is 13.3 Å². The highest BCUT2D eigenvalue weighted by atomic mass is 14.6. The van der Waals surface area contributed by atoms with Crippen molar-refractivity contribution in [3.8, 4) is 0 Å². The first-order valence-corrected chi connectivity index (χ1v) is 3.62. The third-order valence-electron chi connectivity index (χ3n) is 2.21. The molecule has 0 aromatic carbocycles. The summed E-state index contributed by atoms with van der Waals surface area (Å²) in [5, 5.41) is 0. The van der Waals surface area contributed by atoms with Gasteiger partial charge >= 0.3 is 0 Å². The van der Waals surface area contributed by atoms with E-state index in [2.05, 4.69) is 12.7 Å². The molecule has 1 aliphatic carbocycles. The van der Waals surface area contributed by atoms with Crippen LogP contribution in [0.15, 0.2) is 0 Å². The fourth-order valence-electron chi connectivity index (χ4n) is 1.59. The number of rotatable bonds is 1. The lowest BCUT2D eigenvalue weighted by atomic mass is 10.1. The predicted molar refractivity (Wildman–Crippen MR) is 34.3 cm³/mol. The molecule has 2 atom stereocenters. The lowest BCUT2D eigenvalue weighted by Gasteiger charge is -1.99. The van der Waals surface area contributed by atoms with Gasteiger partial charge < -0.3 is 5.73 Å². The predicted octanol–water partition coefficient (Wildman–Crippen LogP) is 0.665. The zero-order valence-corrected chi connectivity index (χ0v) is 5.69. The monoisotopic (exact) mass is 114 g/mol. The maximum absolute atomic E-state index is 3.90. The van der Waals surface area contributed by atoms with Crippen LogP contribution in [-0.2, 0) is 0 Å². The molecule has 3 N–H and O–H groups in total. The van der Waals surface area contributed by atoms with E-state index >= 15 is 0 Å². The molecule has 0 radical (unpaired) electrons. The molecule has 1 saturated carbocycles. The molecule has 1 fully saturated rings. The maximum Gasteiger partial charge on any atom is 0.0768 e. The van der Waals surface area contributed by atoms with E-state index in [1.807, 2.05) is 0 Å². The third-order valence-corrected chi connectivity index (χ3v) is 2.21. The topological polar surface area (TPSA) is 27.6 Å². The van der Waals surface area contributed by atoms with Crippen molar-refractivity contribution in [2.45, 2.75) is 26.2 Å². The van der Waals surface area contributed by atoms with Crippen molar-refractivity contribution < 1.29 is 5.73 Å². The van der Waals surface area contributed by atoms with Crippen molar-refractivity contribution >= 4 is 0 Å². The molecule has 1 nitrogen and oxygen atoms in total. The summed E-state index contributed by atoms with van der Waals surface area (Å²) in [5.41, 5.74) is 3.90. The van der Waals surface area contributed by atoms with Gasteiger partial charge in [0, 0.05) is 5.92 Å². The van der Waals surface area contributed by atoms with Crippen LogP contribution in [0.25, 0.3) is 0 Å². The number of hydrogen-bond donors (Lipinski definition) is 1. The highest BCUT2D eigenvalue weighted by Gasteiger charge is 2.20. The second kappa shape index (κ2) is 2.49. The molecule has 0 bridgehead atoms. The molecular weight excluding hydrogens is 98.1 g/mol. The highest BCUT2D eigenvalue weighted by molar-refractivity contribution is 4.70. The molecule has 1 heteroatoms. The summed E-state index contributed by atoms with van der Waals surface area (Å²) < 4.78 is 0. The lowest BCUT2D eigenvalue weighted by Crippen LogP contribution is -2.53. The van der Waals surface area contributed by atoms with Crippen molar-refractivity contribution in [2.75, 3.05) is 6.54 Å². The standard InChI is InChI=1S/C7H15N/c1-6-2-3-7(4-6)5-8/h6-7H,2-5,8H2,1H3/p+1. The largest absolute Gasteiger partial charge is 0.357 e. The summed E-state index contributed by atoms with van der Waals surface area (Å²) in [6, 6.07) is 0. The van der Waals surface area contributed by atoms with E-state index in [1.165, 1.54) is 19.3 Å². The smallest absolute Gasteiger partial charge is 0.0768 e. The summed E-state index contributed by atoms with van der Waals surface area (Å²) >= 11 is 0. The van der Waals surface area contributed by atoms with E-state index in [0.717, 1.165) is 18.4 Å². The SMILES string of the molecule is CC1CCC(C[NH3+])C1. The van der Waals surface area contributed by atoms with Crippen LogP contribution in [0.2, 0.25) is 0 Å². The Balaban J connectivity index is 2.22. The van der Waals surface area contributed by atoms with Crippen molar-refractivity contribution in [1.82, 2.24) is 0 Å². The van der Waals surface area contributed by atoms with Crippen LogP contribution in [0.3, 0.4) is 0 Å². The summed E-state index contributed by atoms with van der Waals surface area (Å²) in [6.07, 6.45) is 4.31. The highest BCUT2D eigenvalue weighted by Crippen LogP contribution is 2.28. The summed E-state index contributed by atoms with van der Waals surface area (Å²) in [4.78, 5) is 0. The number of hydrogen-bond acceptors (Lipinski definition) is 0. The van der Waals surface area contributed by atoms with Gasteiger partial charge in [0.15, 0.2) is 0 Å². The van der Waals surface area contributed by atoms with Crippen molar-refractivity contribution in [3.05, 3.63) is 0 Å².